The van der Waals surface area contributed by atoms with Crippen LogP contribution >= 0.6 is 0 Å². The summed E-state index contributed by atoms with van der Waals surface area (Å²) in [6.45, 7) is 2.39. The maximum Gasteiger partial charge on any atom is 0.307 e. The first-order chi connectivity index (χ1) is 10.1. The van der Waals surface area contributed by atoms with Crippen LogP contribution in [0.15, 0.2) is 24.3 Å². The van der Waals surface area contributed by atoms with Gasteiger partial charge in [-0.2, -0.15) is 0 Å². The molecule has 1 saturated carbocycles. The molecule has 0 atom stereocenters. The van der Waals surface area contributed by atoms with E-state index in [9.17, 15) is 9.59 Å². The molecule has 0 spiro atoms. The Bertz CT molecular complexity index is 494. The molecule has 0 N–H and O–H groups in total. The van der Waals surface area contributed by atoms with E-state index < -0.39 is 0 Å². The lowest BCUT2D eigenvalue weighted by Crippen LogP contribution is -2.38. The van der Waals surface area contributed by atoms with Gasteiger partial charge in [-0.05, 0) is 31.9 Å². The van der Waals surface area contributed by atoms with Crippen molar-refractivity contribution >= 4 is 11.9 Å². The monoisotopic (exact) mass is 291 g/mol. The van der Waals surface area contributed by atoms with E-state index in [1.807, 2.05) is 31.2 Å². The summed E-state index contributed by atoms with van der Waals surface area (Å²) in [6.07, 6.45) is 2.22. The summed E-state index contributed by atoms with van der Waals surface area (Å²) in [5.74, 6) is 0.299. The molecular weight excluding hydrogens is 270 g/mol. The first-order valence-corrected chi connectivity index (χ1v) is 7.16. The van der Waals surface area contributed by atoms with E-state index >= 15 is 0 Å². The number of nitrogens with zero attached hydrogens (tertiary/aromatic N) is 1. The molecule has 5 nitrogen and oxygen atoms in total. The highest BCUT2D eigenvalue weighted by atomic mass is 16.5. The van der Waals surface area contributed by atoms with Crippen molar-refractivity contribution in [1.82, 2.24) is 4.90 Å². The number of carbonyl (C=O) groups is 2. The van der Waals surface area contributed by atoms with E-state index in [2.05, 4.69) is 4.74 Å². The lowest BCUT2D eigenvalue weighted by molar-refractivity contribution is -0.142. The van der Waals surface area contributed by atoms with Gasteiger partial charge in [-0.3, -0.25) is 9.59 Å². The van der Waals surface area contributed by atoms with Crippen LogP contribution in [-0.4, -0.2) is 43.1 Å². The molecule has 1 aromatic carbocycles. The van der Waals surface area contributed by atoms with Crippen molar-refractivity contribution in [2.45, 2.75) is 32.2 Å². The number of aryl methyl sites for hydroxylation is 1. The maximum atomic E-state index is 12.2. The average molecular weight is 291 g/mol. The standard InChI is InChI=1S/C16H21NO4/c1-12-3-7-14(8-4-12)21-11-15(18)17(13-5-6-13)10-9-16(19)20-2/h3-4,7-8,13H,5-6,9-11H2,1-2H3. The predicted octanol–water partition coefficient (Wildman–Crippen LogP) is 1.93. The fraction of sp³-hybridized carbons (Fsp3) is 0.500. The number of hydrogen-bond acceptors (Lipinski definition) is 4. The van der Waals surface area contributed by atoms with Crippen molar-refractivity contribution in [3.63, 3.8) is 0 Å². The normalized spacial score (nSPS) is 13.6. The minimum Gasteiger partial charge on any atom is -0.484 e. The third-order valence-corrected chi connectivity index (χ3v) is 3.48. The zero-order chi connectivity index (χ0) is 15.2. The summed E-state index contributed by atoms with van der Waals surface area (Å²) in [5, 5.41) is 0. The number of hydrogen-bond donors (Lipinski definition) is 0. The summed E-state index contributed by atoms with van der Waals surface area (Å²) in [6, 6.07) is 7.83. The summed E-state index contributed by atoms with van der Waals surface area (Å²) >= 11 is 0. The number of ether oxygens (including phenoxy) is 2. The van der Waals surface area contributed by atoms with Gasteiger partial charge in [-0.15, -0.1) is 0 Å². The van der Waals surface area contributed by atoms with E-state index in [1.54, 1.807) is 4.90 Å². The molecule has 0 aromatic heterocycles. The van der Waals surface area contributed by atoms with Gasteiger partial charge in [0.15, 0.2) is 6.61 Å². The van der Waals surface area contributed by atoms with Crippen LogP contribution in [-0.2, 0) is 14.3 Å². The average Bonchev–Trinajstić information content (AvgIpc) is 3.31. The summed E-state index contributed by atoms with van der Waals surface area (Å²) in [5.41, 5.74) is 1.14. The van der Waals surface area contributed by atoms with Gasteiger partial charge in [0.1, 0.15) is 5.75 Å². The van der Waals surface area contributed by atoms with Gasteiger partial charge < -0.3 is 14.4 Å². The number of rotatable bonds is 7. The Balaban J connectivity index is 1.83. The van der Waals surface area contributed by atoms with Crippen molar-refractivity contribution in [3.05, 3.63) is 29.8 Å². The Morgan fingerprint density at radius 2 is 1.90 bits per heavy atom. The van der Waals surface area contributed by atoms with Crippen LogP contribution in [0.5, 0.6) is 5.75 Å². The molecule has 0 unspecified atom stereocenters. The van der Waals surface area contributed by atoms with Crippen LogP contribution in [0, 0.1) is 6.92 Å². The molecule has 5 heteroatoms. The van der Waals surface area contributed by atoms with Gasteiger partial charge in [0.2, 0.25) is 0 Å². The Kier molecular flexibility index (Phi) is 5.20. The molecule has 21 heavy (non-hydrogen) atoms. The molecule has 0 heterocycles. The molecular formula is C16H21NO4. The molecule has 1 fully saturated rings. The van der Waals surface area contributed by atoms with Gasteiger partial charge in [-0.1, -0.05) is 17.7 Å². The second-order valence-corrected chi connectivity index (χ2v) is 5.25. The van der Waals surface area contributed by atoms with Gasteiger partial charge in [0, 0.05) is 12.6 Å². The lowest BCUT2D eigenvalue weighted by Gasteiger charge is -2.22. The molecule has 0 radical (unpaired) electrons. The zero-order valence-electron chi connectivity index (χ0n) is 12.5. The van der Waals surface area contributed by atoms with Crippen LogP contribution in [0.2, 0.25) is 0 Å². The Morgan fingerprint density at radius 1 is 1.24 bits per heavy atom. The third-order valence-electron chi connectivity index (χ3n) is 3.48. The molecule has 1 aliphatic carbocycles. The van der Waals surface area contributed by atoms with Crippen molar-refractivity contribution in [1.29, 1.82) is 0 Å². The number of amides is 1. The molecule has 2 rings (SSSR count). The van der Waals surface area contributed by atoms with Crippen LogP contribution < -0.4 is 4.74 Å². The number of esters is 1. The summed E-state index contributed by atoms with van der Waals surface area (Å²) < 4.78 is 10.1. The van der Waals surface area contributed by atoms with Crippen LogP contribution in [0.25, 0.3) is 0 Å². The van der Waals surface area contributed by atoms with Crippen LogP contribution in [0.4, 0.5) is 0 Å². The van der Waals surface area contributed by atoms with Gasteiger partial charge in [-0.25, -0.2) is 0 Å². The minimum absolute atomic E-state index is 0.000728. The van der Waals surface area contributed by atoms with E-state index in [0.717, 1.165) is 18.4 Å². The van der Waals surface area contributed by atoms with E-state index in [0.29, 0.717) is 12.3 Å². The summed E-state index contributed by atoms with van der Waals surface area (Å²) in [7, 11) is 1.35. The quantitative estimate of drug-likeness (QED) is 0.720. The molecule has 1 aliphatic rings. The first-order valence-electron chi connectivity index (χ1n) is 7.16. The molecule has 1 amide bonds. The highest BCUT2D eigenvalue weighted by molar-refractivity contribution is 5.79. The zero-order valence-corrected chi connectivity index (χ0v) is 12.5. The second kappa shape index (κ2) is 7.11. The Morgan fingerprint density at radius 3 is 2.48 bits per heavy atom. The molecule has 0 bridgehead atoms. The fourth-order valence-corrected chi connectivity index (χ4v) is 2.07. The highest BCUT2D eigenvalue weighted by Crippen LogP contribution is 2.27. The largest absolute Gasteiger partial charge is 0.484 e. The smallest absolute Gasteiger partial charge is 0.307 e. The van der Waals surface area contributed by atoms with Crippen LogP contribution in [0.1, 0.15) is 24.8 Å². The van der Waals surface area contributed by atoms with E-state index in [1.165, 1.54) is 7.11 Å². The third kappa shape index (κ3) is 4.77. The van der Waals surface area contributed by atoms with Crippen molar-refractivity contribution in [2.75, 3.05) is 20.3 Å². The topological polar surface area (TPSA) is 55.8 Å². The molecule has 1 aromatic rings. The Hall–Kier alpha value is -2.04. The molecule has 114 valence electrons. The lowest BCUT2D eigenvalue weighted by atomic mass is 10.2. The van der Waals surface area contributed by atoms with Crippen LogP contribution in [0.3, 0.4) is 0 Å². The van der Waals surface area contributed by atoms with Gasteiger partial charge >= 0.3 is 5.97 Å². The van der Waals surface area contributed by atoms with Crippen molar-refractivity contribution in [2.24, 2.45) is 0 Å². The summed E-state index contributed by atoms with van der Waals surface area (Å²) in [4.78, 5) is 25.1. The SMILES string of the molecule is COC(=O)CCN(C(=O)COc1ccc(C)cc1)C1CC1. The van der Waals surface area contributed by atoms with E-state index in [-0.39, 0.29) is 30.9 Å². The van der Waals surface area contributed by atoms with E-state index in [4.69, 9.17) is 4.74 Å². The first kappa shape index (κ1) is 15.4. The van der Waals surface area contributed by atoms with Gasteiger partial charge in [0.25, 0.3) is 5.91 Å². The predicted molar refractivity (Wildman–Crippen MR) is 78.0 cm³/mol. The number of benzene rings is 1. The fourth-order valence-electron chi connectivity index (χ4n) is 2.07. The highest BCUT2D eigenvalue weighted by Gasteiger charge is 2.32. The van der Waals surface area contributed by atoms with Crippen molar-refractivity contribution < 1.29 is 19.1 Å². The molecule has 0 aliphatic heterocycles. The number of methoxy groups -OCH3 is 1. The van der Waals surface area contributed by atoms with Crippen molar-refractivity contribution in [3.8, 4) is 5.75 Å². The molecule has 0 saturated heterocycles. The maximum absolute atomic E-state index is 12.2. The Labute approximate surface area is 124 Å². The minimum atomic E-state index is -0.298. The number of carbonyl (C=O) groups excluding carboxylic acids is 2. The second-order valence-electron chi connectivity index (χ2n) is 5.25. The van der Waals surface area contributed by atoms with Gasteiger partial charge in [0.05, 0.1) is 13.5 Å².